The summed E-state index contributed by atoms with van der Waals surface area (Å²) >= 11 is 0. The van der Waals surface area contributed by atoms with Gasteiger partial charge in [0.25, 0.3) is 0 Å². The molecule has 5 aromatic rings. The Morgan fingerprint density at radius 3 is 0.833 bits per heavy atom. The van der Waals surface area contributed by atoms with Gasteiger partial charge in [-0.25, -0.2) is 0 Å². The third kappa shape index (κ3) is 4.85. The highest BCUT2D eigenvalue weighted by molar-refractivity contribution is 5.64. The molecule has 0 atom stereocenters. The van der Waals surface area contributed by atoms with Gasteiger partial charge in [-0.1, -0.05) is 65.8 Å². The van der Waals surface area contributed by atoms with Crippen LogP contribution in [0.5, 0.6) is 0 Å². The summed E-state index contributed by atoms with van der Waals surface area (Å²) in [5.41, 5.74) is 6.13. The Kier molecular flexibility index (Phi) is 5.83. The van der Waals surface area contributed by atoms with Crippen LogP contribution in [0.3, 0.4) is 0 Å². The molecule has 0 aliphatic heterocycles. The van der Waals surface area contributed by atoms with E-state index in [9.17, 15) is 0 Å². The smallest absolute Gasteiger partial charge is 0.248 e. The van der Waals surface area contributed by atoms with Crippen molar-refractivity contribution in [2.45, 2.75) is 52.4 Å². The molecular weight excluding hydrogens is 448 g/mol. The minimum absolute atomic E-state index is 0.0935. The fourth-order valence-electron chi connectivity index (χ4n) is 3.89. The molecule has 0 aliphatic rings. The zero-order valence-electron chi connectivity index (χ0n) is 21.5. The number of rotatable bonds is 4. The summed E-state index contributed by atoms with van der Waals surface area (Å²) in [5, 5.41) is 16.9. The average molecular weight is 479 g/mol. The Morgan fingerprint density at radius 2 is 0.611 bits per heavy atom. The fraction of sp³-hybridized carbons (Fsp3) is 0.267. The molecular formula is C30H30N4O2. The SMILES string of the molecule is CC(C)(C)c1ccc(-c2nnc(-c3ccc(-c4nnc(-c5ccc(C(C)(C)C)cc5)o4)cc3)o2)cc1. The van der Waals surface area contributed by atoms with Crippen LogP contribution in [0.4, 0.5) is 0 Å². The maximum absolute atomic E-state index is 5.95. The molecule has 6 heteroatoms. The van der Waals surface area contributed by atoms with E-state index in [0.717, 1.165) is 22.3 Å². The van der Waals surface area contributed by atoms with E-state index in [1.54, 1.807) is 0 Å². The van der Waals surface area contributed by atoms with Gasteiger partial charge in [0.15, 0.2) is 0 Å². The fourth-order valence-corrected chi connectivity index (χ4v) is 3.89. The minimum atomic E-state index is 0.0935. The van der Waals surface area contributed by atoms with Crippen molar-refractivity contribution >= 4 is 0 Å². The first-order chi connectivity index (χ1) is 17.1. The summed E-state index contributed by atoms with van der Waals surface area (Å²) in [4.78, 5) is 0. The Labute approximate surface area is 211 Å². The Bertz CT molecular complexity index is 1350. The van der Waals surface area contributed by atoms with E-state index in [0.29, 0.717) is 23.6 Å². The van der Waals surface area contributed by atoms with Crippen LogP contribution in [0.25, 0.3) is 45.8 Å². The summed E-state index contributed by atoms with van der Waals surface area (Å²) < 4.78 is 11.9. The summed E-state index contributed by atoms with van der Waals surface area (Å²) in [6.07, 6.45) is 0. The Hall–Kier alpha value is -4.06. The van der Waals surface area contributed by atoms with Gasteiger partial charge in [0, 0.05) is 22.3 Å². The van der Waals surface area contributed by atoms with Gasteiger partial charge in [-0.05, 0) is 70.5 Å². The molecule has 6 nitrogen and oxygen atoms in total. The van der Waals surface area contributed by atoms with Crippen LogP contribution in [0.15, 0.2) is 81.6 Å². The first-order valence-corrected chi connectivity index (χ1v) is 12.1. The van der Waals surface area contributed by atoms with Gasteiger partial charge in [0.1, 0.15) is 0 Å². The van der Waals surface area contributed by atoms with E-state index in [1.807, 2.05) is 48.5 Å². The number of hydrogen-bond donors (Lipinski definition) is 0. The summed E-state index contributed by atoms with van der Waals surface area (Å²) in [6.45, 7) is 13.1. The molecule has 3 aromatic carbocycles. The van der Waals surface area contributed by atoms with E-state index in [2.05, 4.69) is 86.2 Å². The molecule has 0 saturated carbocycles. The summed E-state index contributed by atoms with van der Waals surface area (Å²) in [7, 11) is 0. The third-order valence-corrected chi connectivity index (χ3v) is 6.22. The second-order valence-electron chi connectivity index (χ2n) is 11.1. The van der Waals surface area contributed by atoms with Gasteiger partial charge in [-0.15, -0.1) is 20.4 Å². The molecule has 0 N–H and O–H groups in total. The molecule has 2 aromatic heterocycles. The quantitative estimate of drug-likeness (QED) is 0.263. The molecule has 0 saturated heterocycles. The first-order valence-electron chi connectivity index (χ1n) is 12.1. The standard InChI is InChI=1S/C30H30N4O2/c1-29(2,3)23-15-11-21(12-16-23)27-33-31-25(35-27)19-7-9-20(10-8-19)26-32-34-28(36-26)22-13-17-24(18-14-22)30(4,5)6/h7-18H,1-6H3. The topological polar surface area (TPSA) is 77.8 Å². The maximum atomic E-state index is 5.95. The highest BCUT2D eigenvalue weighted by Gasteiger charge is 2.17. The molecule has 0 aliphatic carbocycles. The molecule has 36 heavy (non-hydrogen) atoms. The predicted molar refractivity (Wildman–Crippen MR) is 141 cm³/mol. The van der Waals surface area contributed by atoms with Crippen molar-refractivity contribution in [3.63, 3.8) is 0 Å². The van der Waals surface area contributed by atoms with Crippen molar-refractivity contribution in [1.82, 2.24) is 20.4 Å². The van der Waals surface area contributed by atoms with Crippen LogP contribution in [0.2, 0.25) is 0 Å². The third-order valence-electron chi connectivity index (χ3n) is 6.22. The van der Waals surface area contributed by atoms with Crippen molar-refractivity contribution in [2.24, 2.45) is 0 Å². The summed E-state index contributed by atoms with van der Waals surface area (Å²) in [6, 6.07) is 24.1. The lowest BCUT2D eigenvalue weighted by Crippen LogP contribution is -2.10. The molecule has 0 radical (unpaired) electrons. The highest BCUT2D eigenvalue weighted by Crippen LogP contribution is 2.30. The van der Waals surface area contributed by atoms with Crippen molar-refractivity contribution in [2.75, 3.05) is 0 Å². The number of aromatic nitrogens is 4. The van der Waals surface area contributed by atoms with E-state index in [4.69, 9.17) is 8.83 Å². The monoisotopic (exact) mass is 478 g/mol. The number of hydrogen-bond acceptors (Lipinski definition) is 6. The largest absolute Gasteiger partial charge is 0.416 e. The molecule has 5 rings (SSSR count). The van der Waals surface area contributed by atoms with Crippen LogP contribution < -0.4 is 0 Å². The van der Waals surface area contributed by atoms with Gasteiger partial charge in [0.05, 0.1) is 0 Å². The van der Waals surface area contributed by atoms with Crippen molar-refractivity contribution in [3.05, 3.63) is 83.9 Å². The second kappa shape index (κ2) is 8.86. The lowest BCUT2D eigenvalue weighted by Gasteiger charge is -2.18. The molecule has 0 fully saturated rings. The van der Waals surface area contributed by atoms with Gasteiger partial charge < -0.3 is 8.83 Å². The predicted octanol–water partition coefficient (Wildman–Crippen LogP) is 7.72. The van der Waals surface area contributed by atoms with Crippen molar-refractivity contribution < 1.29 is 8.83 Å². The van der Waals surface area contributed by atoms with Gasteiger partial charge in [0.2, 0.25) is 23.6 Å². The molecule has 0 spiro atoms. The van der Waals surface area contributed by atoms with Gasteiger partial charge in [-0.2, -0.15) is 0 Å². The van der Waals surface area contributed by atoms with Crippen molar-refractivity contribution in [1.29, 1.82) is 0 Å². The lowest BCUT2D eigenvalue weighted by molar-refractivity contribution is 0.580. The minimum Gasteiger partial charge on any atom is -0.416 e. The zero-order chi connectivity index (χ0) is 25.5. The van der Waals surface area contributed by atoms with Crippen LogP contribution in [0.1, 0.15) is 52.7 Å². The number of nitrogens with zero attached hydrogens (tertiary/aromatic N) is 4. The second-order valence-corrected chi connectivity index (χ2v) is 11.1. The molecule has 0 bridgehead atoms. The van der Waals surface area contributed by atoms with Gasteiger partial charge >= 0.3 is 0 Å². The van der Waals surface area contributed by atoms with Crippen LogP contribution in [-0.2, 0) is 10.8 Å². The molecule has 182 valence electrons. The van der Waals surface area contributed by atoms with Gasteiger partial charge in [-0.3, -0.25) is 0 Å². The van der Waals surface area contributed by atoms with E-state index in [-0.39, 0.29) is 10.8 Å². The van der Waals surface area contributed by atoms with E-state index in [1.165, 1.54) is 11.1 Å². The zero-order valence-corrected chi connectivity index (χ0v) is 21.5. The van der Waals surface area contributed by atoms with Crippen molar-refractivity contribution in [3.8, 4) is 45.8 Å². The Morgan fingerprint density at radius 1 is 0.389 bits per heavy atom. The molecule has 2 heterocycles. The average Bonchev–Trinajstić information content (AvgIpc) is 3.54. The maximum Gasteiger partial charge on any atom is 0.248 e. The summed E-state index contributed by atoms with van der Waals surface area (Å²) in [5.74, 6) is 1.91. The number of benzene rings is 3. The van der Waals surface area contributed by atoms with E-state index < -0.39 is 0 Å². The lowest BCUT2D eigenvalue weighted by atomic mass is 9.87. The molecule has 0 unspecified atom stereocenters. The van der Waals surface area contributed by atoms with Crippen LogP contribution in [0, 0.1) is 0 Å². The van der Waals surface area contributed by atoms with Crippen LogP contribution in [-0.4, -0.2) is 20.4 Å². The highest BCUT2D eigenvalue weighted by atomic mass is 16.4. The Balaban J connectivity index is 1.32. The van der Waals surface area contributed by atoms with E-state index >= 15 is 0 Å². The van der Waals surface area contributed by atoms with Crippen LogP contribution >= 0.6 is 0 Å². The first kappa shape index (κ1) is 23.7. The molecule has 0 amide bonds. The normalized spacial score (nSPS) is 12.2.